The molecule has 0 aliphatic heterocycles. The Morgan fingerprint density at radius 1 is 1.29 bits per heavy atom. The number of hydrogen-bond donors (Lipinski definition) is 0. The maximum absolute atomic E-state index is 11.3. The summed E-state index contributed by atoms with van der Waals surface area (Å²) in [6, 6.07) is 8.06. The first kappa shape index (κ1) is 14.2. The van der Waals surface area contributed by atoms with Crippen LogP contribution >= 0.6 is 15.9 Å². The van der Waals surface area contributed by atoms with Crippen LogP contribution in [0, 0.1) is 0 Å². The number of hydrogen-bond acceptors (Lipinski definition) is 3. The van der Waals surface area contributed by atoms with Crippen LogP contribution in [0.25, 0.3) is 0 Å². The molecule has 0 N–H and O–H groups in total. The summed E-state index contributed by atoms with van der Waals surface area (Å²) in [5.41, 5.74) is 2.36. The third kappa shape index (κ3) is 4.48. The van der Waals surface area contributed by atoms with Crippen molar-refractivity contribution in [1.82, 2.24) is 0 Å². The highest BCUT2D eigenvalue weighted by Crippen LogP contribution is 2.16. The highest BCUT2D eigenvalue weighted by atomic mass is 79.9. The first-order valence-corrected chi connectivity index (χ1v) is 6.38. The Hall–Kier alpha value is -0.870. The van der Waals surface area contributed by atoms with Gasteiger partial charge >= 0.3 is 5.97 Å². The molecule has 94 valence electrons. The number of benzene rings is 1. The second-order valence-electron chi connectivity index (χ2n) is 3.71. The molecule has 1 atom stereocenters. The molecule has 0 spiro atoms. The van der Waals surface area contributed by atoms with E-state index in [2.05, 4.69) is 22.0 Å². The van der Waals surface area contributed by atoms with Gasteiger partial charge in [-0.15, -0.1) is 0 Å². The number of carbonyl (C=O) groups excluding carboxylic acids is 1. The lowest BCUT2D eigenvalue weighted by Gasteiger charge is -2.12. The topological polar surface area (TPSA) is 35.5 Å². The Balaban J connectivity index is 2.72. The average molecular weight is 301 g/mol. The summed E-state index contributed by atoms with van der Waals surface area (Å²) in [5.74, 6) is -0.244. The summed E-state index contributed by atoms with van der Waals surface area (Å²) < 4.78 is 9.77. The second kappa shape index (κ2) is 7.45. The van der Waals surface area contributed by atoms with Crippen LogP contribution in [0.5, 0.6) is 0 Å². The van der Waals surface area contributed by atoms with E-state index in [-0.39, 0.29) is 10.8 Å². The fourth-order valence-electron chi connectivity index (χ4n) is 1.62. The van der Waals surface area contributed by atoms with E-state index in [1.165, 1.54) is 12.7 Å². The van der Waals surface area contributed by atoms with Gasteiger partial charge in [0, 0.05) is 7.11 Å². The zero-order valence-corrected chi connectivity index (χ0v) is 11.7. The van der Waals surface area contributed by atoms with Crippen LogP contribution in [-0.2, 0) is 27.1 Å². The highest BCUT2D eigenvalue weighted by molar-refractivity contribution is 9.10. The fourth-order valence-corrected chi connectivity index (χ4v) is 2.15. The summed E-state index contributed by atoms with van der Waals surface area (Å²) in [6.45, 7) is 0.683. The molecule has 0 fully saturated rings. The molecule has 1 aromatic carbocycles. The quantitative estimate of drug-likeness (QED) is 0.598. The van der Waals surface area contributed by atoms with E-state index in [4.69, 9.17) is 9.47 Å². The number of esters is 1. The number of carbonyl (C=O) groups is 1. The molecule has 0 radical (unpaired) electrons. The van der Waals surface area contributed by atoms with Crippen LogP contribution in [-0.4, -0.2) is 31.6 Å². The number of halogens is 1. The number of alkyl halides is 1. The van der Waals surface area contributed by atoms with Gasteiger partial charge in [0.1, 0.15) is 4.83 Å². The van der Waals surface area contributed by atoms with Gasteiger partial charge in [0.05, 0.1) is 13.7 Å². The standard InChI is InChI=1S/C13H17BrO3/c1-16-8-7-10-5-3-4-6-11(10)9-12(14)13(15)17-2/h3-6,12H,7-9H2,1-2H3. The Kier molecular flexibility index (Phi) is 6.22. The minimum atomic E-state index is -0.295. The van der Waals surface area contributed by atoms with E-state index in [1.54, 1.807) is 7.11 Å². The molecule has 0 heterocycles. The second-order valence-corrected chi connectivity index (χ2v) is 4.81. The summed E-state index contributed by atoms with van der Waals surface area (Å²) >= 11 is 3.34. The molecule has 0 aliphatic rings. The predicted molar refractivity (Wildman–Crippen MR) is 70.5 cm³/mol. The Morgan fingerprint density at radius 2 is 1.94 bits per heavy atom. The molecule has 3 nitrogen and oxygen atoms in total. The minimum absolute atomic E-state index is 0.244. The van der Waals surface area contributed by atoms with Crippen LogP contribution in [0.4, 0.5) is 0 Å². The number of rotatable bonds is 6. The molecule has 0 aliphatic carbocycles. The van der Waals surface area contributed by atoms with Crippen molar-refractivity contribution in [3.63, 3.8) is 0 Å². The van der Waals surface area contributed by atoms with Crippen molar-refractivity contribution < 1.29 is 14.3 Å². The molecular weight excluding hydrogens is 284 g/mol. The van der Waals surface area contributed by atoms with E-state index in [9.17, 15) is 4.79 Å². The van der Waals surface area contributed by atoms with Gasteiger partial charge in [0.2, 0.25) is 0 Å². The van der Waals surface area contributed by atoms with Gasteiger partial charge in [0.25, 0.3) is 0 Å². The average Bonchev–Trinajstić information content (AvgIpc) is 2.36. The molecule has 0 bridgehead atoms. The Labute approximate surface area is 110 Å². The maximum Gasteiger partial charge on any atom is 0.319 e. The van der Waals surface area contributed by atoms with Crippen molar-refractivity contribution in [2.45, 2.75) is 17.7 Å². The molecule has 0 amide bonds. The molecule has 1 aromatic rings. The maximum atomic E-state index is 11.3. The van der Waals surface area contributed by atoms with Gasteiger partial charge < -0.3 is 9.47 Å². The monoisotopic (exact) mass is 300 g/mol. The summed E-state index contributed by atoms with van der Waals surface area (Å²) in [4.78, 5) is 11.1. The summed E-state index contributed by atoms with van der Waals surface area (Å²) in [7, 11) is 3.08. The SMILES string of the molecule is COCCc1ccccc1CC(Br)C(=O)OC. The van der Waals surface area contributed by atoms with Crippen molar-refractivity contribution in [3.05, 3.63) is 35.4 Å². The summed E-state index contributed by atoms with van der Waals surface area (Å²) in [5, 5.41) is 0. The predicted octanol–water partition coefficient (Wildman–Crippen LogP) is 2.35. The third-order valence-corrected chi connectivity index (χ3v) is 3.25. The zero-order valence-electron chi connectivity index (χ0n) is 10.1. The van der Waals surface area contributed by atoms with Crippen molar-refractivity contribution in [3.8, 4) is 0 Å². The lowest BCUT2D eigenvalue weighted by Crippen LogP contribution is -2.19. The van der Waals surface area contributed by atoms with Gasteiger partial charge in [-0.1, -0.05) is 40.2 Å². The molecule has 0 saturated carbocycles. The van der Waals surface area contributed by atoms with Crippen molar-refractivity contribution >= 4 is 21.9 Å². The molecule has 0 aromatic heterocycles. The lowest BCUT2D eigenvalue weighted by atomic mass is 10.0. The number of methoxy groups -OCH3 is 2. The van der Waals surface area contributed by atoms with Crippen LogP contribution in [0.15, 0.2) is 24.3 Å². The van der Waals surface area contributed by atoms with Crippen LogP contribution in [0.2, 0.25) is 0 Å². The normalized spacial score (nSPS) is 12.2. The van der Waals surface area contributed by atoms with E-state index in [0.717, 1.165) is 12.0 Å². The largest absolute Gasteiger partial charge is 0.468 e. The minimum Gasteiger partial charge on any atom is -0.468 e. The van der Waals surface area contributed by atoms with Crippen LogP contribution < -0.4 is 0 Å². The lowest BCUT2D eigenvalue weighted by molar-refractivity contribution is -0.139. The fraction of sp³-hybridized carbons (Fsp3) is 0.462. The zero-order chi connectivity index (χ0) is 12.7. The van der Waals surface area contributed by atoms with E-state index < -0.39 is 0 Å². The van der Waals surface area contributed by atoms with Crippen molar-refractivity contribution in [2.75, 3.05) is 20.8 Å². The highest BCUT2D eigenvalue weighted by Gasteiger charge is 2.17. The van der Waals surface area contributed by atoms with Gasteiger partial charge in [0.15, 0.2) is 0 Å². The summed E-state index contributed by atoms with van der Waals surface area (Å²) in [6.07, 6.45) is 1.49. The van der Waals surface area contributed by atoms with Crippen molar-refractivity contribution in [1.29, 1.82) is 0 Å². The first-order valence-electron chi connectivity index (χ1n) is 5.46. The molecular formula is C13H17BrO3. The van der Waals surface area contributed by atoms with Crippen LogP contribution in [0.1, 0.15) is 11.1 Å². The molecule has 4 heteroatoms. The van der Waals surface area contributed by atoms with Gasteiger partial charge in [-0.05, 0) is 24.0 Å². The first-order chi connectivity index (χ1) is 8.19. The van der Waals surface area contributed by atoms with Gasteiger partial charge in [-0.2, -0.15) is 0 Å². The van der Waals surface area contributed by atoms with E-state index in [1.807, 2.05) is 18.2 Å². The molecule has 17 heavy (non-hydrogen) atoms. The molecule has 1 rings (SSSR count). The van der Waals surface area contributed by atoms with Crippen molar-refractivity contribution in [2.24, 2.45) is 0 Å². The van der Waals surface area contributed by atoms with Gasteiger partial charge in [-0.3, -0.25) is 4.79 Å². The molecule has 0 saturated heterocycles. The smallest absolute Gasteiger partial charge is 0.319 e. The Bertz CT molecular complexity index is 365. The Morgan fingerprint density at radius 3 is 2.53 bits per heavy atom. The van der Waals surface area contributed by atoms with Crippen LogP contribution in [0.3, 0.4) is 0 Å². The van der Waals surface area contributed by atoms with Gasteiger partial charge in [-0.25, -0.2) is 0 Å². The third-order valence-electron chi connectivity index (χ3n) is 2.55. The van der Waals surface area contributed by atoms with E-state index >= 15 is 0 Å². The van der Waals surface area contributed by atoms with E-state index in [0.29, 0.717) is 13.0 Å². The molecule has 1 unspecified atom stereocenters. The number of ether oxygens (including phenoxy) is 2.